The van der Waals surface area contributed by atoms with Gasteiger partial charge in [-0.3, -0.25) is 51.4 Å². The number of anilines is 1. The van der Waals surface area contributed by atoms with Crippen LogP contribution in [0.5, 0.6) is 0 Å². The van der Waals surface area contributed by atoms with E-state index in [1.165, 1.54) is 35.2 Å². The molecule has 5 aromatic heterocycles. The summed E-state index contributed by atoms with van der Waals surface area (Å²) >= 11 is 0. The number of rotatable bonds is 19. The number of nitrogen functional groups attached to an aromatic ring is 1. The molecular weight excluding hydrogens is 1060 g/mol. The van der Waals surface area contributed by atoms with Crippen molar-refractivity contribution in [3.05, 3.63) is 68.1 Å². The fourth-order valence-corrected chi connectivity index (χ4v) is 12.4. The lowest BCUT2D eigenvalue weighted by molar-refractivity contribution is -0.745. The first-order valence-corrected chi connectivity index (χ1v) is 26.5. The lowest BCUT2D eigenvalue weighted by Crippen LogP contribution is -2.46. The van der Waals surface area contributed by atoms with Gasteiger partial charge in [0.2, 0.25) is 11.7 Å². The second kappa shape index (κ2) is 20.4. The molecule has 0 bridgehead atoms. The maximum Gasteiger partial charge on any atom is 0.490 e. The van der Waals surface area contributed by atoms with E-state index in [-0.39, 0.29) is 22.8 Å². The normalized spacial score (nSPS) is 31.2. The predicted molar refractivity (Wildman–Crippen MR) is 228 cm³/mol. The highest BCUT2D eigenvalue weighted by Crippen LogP contribution is 2.68. The molecule has 0 amide bonds. The molecule has 16 atom stereocenters. The fourth-order valence-electron chi connectivity index (χ4n) is 7.89. The number of aromatic amines is 2. The largest absolute Gasteiger partial charge is 0.490 e. The first-order valence-electron chi connectivity index (χ1n) is 20.5. The second-order valence-electron chi connectivity index (χ2n) is 15.9. The van der Waals surface area contributed by atoms with Gasteiger partial charge in [0, 0.05) is 19.4 Å². The molecule has 0 aromatic carbocycles. The van der Waals surface area contributed by atoms with Crippen LogP contribution in [-0.2, 0) is 71.0 Å². The van der Waals surface area contributed by atoms with Crippen LogP contribution in [0, 0.1) is 6.92 Å². The number of hydrogen-bond donors (Lipinski definition) is 11. The summed E-state index contributed by atoms with van der Waals surface area (Å²) in [5, 5.41) is 43.0. The predicted octanol–water partition coefficient (Wildman–Crippen LogP) is -4.15. The van der Waals surface area contributed by atoms with Crippen molar-refractivity contribution in [1.29, 1.82) is 0 Å². The molecule has 5 aromatic rings. The summed E-state index contributed by atoms with van der Waals surface area (Å²) in [6, 6.07) is 0.873. The van der Waals surface area contributed by atoms with Crippen LogP contribution >= 0.6 is 31.3 Å². The summed E-state index contributed by atoms with van der Waals surface area (Å²) < 4.78 is 107. The van der Waals surface area contributed by atoms with E-state index in [0.717, 1.165) is 23.9 Å². The molecule has 0 aliphatic carbocycles. The number of aliphatic hydroxyl groups is 4. The number of phosphoric acid groups is 4. The van der Waals surface area contributed by atoms with Gasteiger partial charge in [0.25, 0.3) is 17.1 Å². The maximum absolute atomic E-state index is 13.5. The second-order valence-corrected chi connectivity index (χ2v) is 22.0. The fraction of sp³-hybridized carbons (Fsp3) is 0.562. The van der Waals surface area contributed by atoms with E-state index < -0.39 is 142 Å². The molecule has 72 heavy (non-hydrogen) atoms. The first-order chi connectivity index (χ1) is 33.7. The Morgan fingerprint density at radius 2 is 1.38 bits per heavy atom. The molecule has 16 unspecified atom stereocenters. The third kappa shape index (κ3) is 11.2. The number of fused-ring (bicyclic) bond motifs is 2. The zero-order valence-electron chi connectivity index (χ0n) is 36.9. The topological polar surface area (TPSA) is 501 Å². The Labute approximate surface area is 399 Å². The molecule has 396 valence electrons. The summed E-state index contributed by atoms with van der Waals surface area (Å²) in [6.07, 6.45) is -15.8. The number of nitrogens with zero attached hydrogens (tertiary/aromatic N) is 8. The van der Waals surface area contributed by atoms with Crippen molar-refractivity contribution in [2.45, 2.75) is 80.5 Å². The molecule has 12 N–H and O–H groups in total. The Bertz CT molecular complexity index is 3220. The van der Waals surface area contributed by atoms with Crippen molar-refractivity contribution in [2.75, 3.05) is 32.7 Å². The monoisotopic (exact) mass is 1110 g/mol. The number of nitrogens with one attached hydrogen (secondary N) is 2. The third-order valence-electron chi connectivity index (χ3n) is 11.1. The van der Waals surface area contributed by atoms with E-state index in [1.54, 1.807) is 6.92 Å². The van der Waals surface area contributed by atoms with E-state index >= 15 is 0 Å². The lowest BCUT2D eigenvalue weighted by Gasteiger charge is -2.26. The number of ether oxygens (including phenoxy) is 4. The highest BCUT2D eigenvalue weighted by atomic mass is 31.3. The number of H-pyrrole nitrogens is 2. The number of aliphatic hydroxyl groups excluding tert-OH is 4. The van der Waals surface area contributed by atoms with Gasteiger partial charge in [-0.05, 0) is 6.92 Å². The molecule has 0 radical (unpaired) electrons. The van der Waals surface area contributed by atoms with Crippen LogP contribution in [0.2, 0.25) is 0 Å². The van der Waals surface area contributed by atoms with Gasteiger partial charge in [0.15, 0.2) is 24.4 Å². The molecule has 0 spiro atoms. The van der Waals surface area contributed by atoms with Gasteiger partial charge in [-0.25, -0.2) is 42.6 Å². The number of imidazole rings is 2. The van der Waals surface area contributed by atoms with Crippen LogP contribution in [0.3, 0.4) is 0 Å². The Hall–Kier alpha value is -4.42. The summed E-state index contributed by atoms with van der Waals surface area (Å²) in [5.41, 5.74) is 3.91. The summed E-state index contributed by atoms with van der Waals surface area (Å²) in [7, 11) is -21.0. The van der Waals surface area contributed by atoms with Crippen LogP contribution in [0.15, 0.2) is 45.6 Å². The lowest BCUT2D eigenvalue weighted by atomic mass is 10.1. The highest BCUT2D eigenvalue weighted by Gasteiger charge is 2.53. The number of methoxy groups -OCH3 is 1. The average Bonchev–Trinajstić information content (AvgIpc) is 4.07. The summed E-state index contributed by atoms with van der Waals surface area (Å²) in [5.74, 6) is -0.315. The minimum atomic E-state index is -6.21. The number of hydrogen-bond acceptors (Lipinski definition) is 26. The van der Waals surface area contributed by atoms with Gasteiger partial charge in [0.1, 0.15) is 66.8 Å². The molecule has 8 rings (SSSR count). The van der Waals surface area contributed by atoms with Crippen molar-refractivity contribution in [3.63, 3.8) is 0 Å². The Balaban J connectivity index is 0.913. The zero-order chi connectivity index (χ0) is 52.4. The van der Waals surface area contributed by atoms with Gasteiger partial charge >= 0.3 is 42.6 Å². The highest BCUT2D eigenvalue weighted by molar-refractivity contribution is 7.66. The quantitative estimate of drug-likeness (QED) is 0.0276. The minimum absolute atomic E-state index is 0.0276. The third-order valence-corrected chi connectivity index (χ3v) is 16.3. The smallest absolute Gasteiger partial charge is 0.387 e. The van der Waals surface area contributed by atoms with Crippen LogP contribution in [0.1, 0.15) is 24.4 Å². The SMILES string of the molecule is COC1C(OP(=O)(O)OCC2OC(n3cnc4c(C)ncnc43)C(O)C2O)C(COP(=O)(O)OP(=O)(O)OP(=O)(O)OCC2OC([n+]3cn(C)c4c(=O)[nH]c(N)nc43)C(O)C2O)OC1n1ccc(=O)[nH]c1=O. The van der Waals surface area contributed by atoms with Gasteiger partial charge < -0.3 is 64.7 Å². The molecule has 40 heteroatoms. The molecule has 36 nitrogen and oxygen atoms in total. The van der Waals surface area contributed by atoms with Crippen LogP contribution in [0.4, 0.5) is 5.95 Å². The Kier molecular flexibility index (Phi) is 15.2. The Morgan fingerprint density at radius 1 is 0.764 bits per heavy atom. The van der Waals surface area contributed by atoms with Crippen LogP contribution < -0.4 is 27.1 Å². The summed E-state index contributed by atoms with van der Waals surface area (Å²) in [4.78, 5) is 99.6. The summed E-state index contributed by atoms with van der Waals surface area (Å²) in [6.45, 7) is -1.78. The van der Waals surface area contributed by atoms with E-state index in [1.807, 2.05) is 4.98 Å². The number of phosphoric ester groups is 3. The molecule has 3 fully saturated rings. The average molecular weight is 1110 g/mol. The number of nitrogens with two attached hydrogens (primary N) is 1. The molecule has 3 saturated heterocycles. The number of aromatic nitrogens is 10. The van der Waals surface area contributed by atoms with Crippen molar-refractivity contribution in [2.24, 2.45) is 7.05 Å². The standard InChI is InChI=1S/C32H43N11O25P4/c1-12-17-25(35-9-34-12)42(10-36-17)28-21(47)19(45)13(63-28)6-60-69(51,52)66-23-15(65-30(24(23)59-3)41-5-4-16(44)37-32(41)50)8-62-71(55,56)68-72(57,58)67-70(53,54)61-7-14-20(46)22(48)29(64-14)43-11-40(2)18-26(43)38-31(33)39-27(18)49/h4-5,9-11,13-15,19-24,28-30,45-48H,6-8H2,1-3H3,(H7-,33,37,38,39,44,49,50,51,52,53,54,55,56,57,58)/p+1. The van der Waals surface area contributed by atoms with E-state index in [4.69, 9.17) is 38.3 Å². The maximum atomic E-state index is 13.5. The van der Waals surface area contributed by atoms with Gasteiger partial charge in [-0.1, -0.05) is 4.98 Å². The molecule has 3 aliphatic rings. The van der Waals surface area contributed by atoms with Crippen molar-refractivity contribution >= 4 is 59.6 Å². The minimum Gasteiger partial charge on any atom is -0.387 e. The van der Waals surface area contributed by atoms with E-state index in [9.17, 15) is 72.6 Å². The molecule has 0 saturated carbocycles. The van der Waals surface area contributed by atoms with Crippen molar-refractivity contribution < 1.29 is 108 Å². The van der Waals surface area contributed by atoms with Crippen molar-refractivity contribution in [1.82, 2.24) is 43.6 Å². The molecule has 8 heterocycles. The zero-order valence-corrected chi connectivity index (χ0v) is 40.5. The van der Waals surface area contributed by atoms with Gasteiger partial charge in [-0.15, -0.1) is 0 Å². The Morgan fingerprint density at radius 3 is 2.03 bits per heavy atom. The van der Waals surface area contributed by atoms with E-state index in [0.29, 0.717) is 15.8 Å². The molecular formula is C32H44N11O25P4+. The van der Waals surface area contributed by atoms with Gasteiger partial charge in [-0.2, -0.15) is 8.62 Å². The van der Waals surface area contributed by atoms with Crippen LogP contribution in [0.25, 0.3) is 22.3 Å². The van der Waals surface area contributed by atoms with Crippen LogP contribution in [-0.4, -0.2) is 165 Å². The number of aryl methyl sites for hydroxylation is 2. The van der Waals surface area contributed by atoms with Gasteiger partial charge in [0.05, 0.1) is 38.9 Å². The van der Waals surface area contributed by atoms with E-state index in [2.05, 4.69) is 38.1 Å². The van der Waals surface area contributed by atoms with Crippen molar-refractivity contribution in [3.8, 4) is 0 Å². The molecule has 3 aliphatic heterocycles. The first kappa shape index (κ1) is 53.9.